The van der Waals surface area contributed by atoms with Crippen LogP contribution in [0.15, 0.2) is 42.5 Å². The molecule has 1 unspecified atom stereocenters. The average Bonchev–Trinajstić information content (AvgIpc) is 2.43. The average molecular weight is 291 g/mol. The van der Waals surface area contributed by atoms with Gasteiger partial charge in [0.2, 0.25) is 0 Å². The number of hydrogen-bond acceptors (Lipinski definition) is 6. The zero-order chi connectivity index (χ0) is 15.8. The molecule has 0 saturated carbocycles. The first-order valence-corrected chi connectivity index (χ1v) is 6.47. The zero-order valence-electron chi connectivity index (χ0n) is 11.6. The van der Waals surface area contributed by atoms with E-state index >= 15 is 0 Å². The van der Waals surface area contributed by atoms with Crippen LogP contribution in [0.1, 0.15) is 18.5 Å². The van der Waals surface area contributed by atoms with Crippen LogP contribution in [0.4, 0.5) is 0 Å². The van der Waals surface area contributed by atoms with Crippen molar-refractivity contribution < 1.29 is 24.9 Å². The quantitative estimate of drug-likeness (QED) is 0.675. The van der Waals surface area contributed by atoms with Crippen molar-refractivity contribution in [2.24, 2.45) is 0 Å². The Bertz CT molecular complexity index is 478. The predicted molar refractivity (Wildman–Crippen MR) is 71.6 cm³/mol. The third kappa shape index (κ3) is 6.20. The molecular formula is C15H17NO5-2. The molecule has 1 saturated heterocycles. The van der Waals surface area contributed by atoms with Crippen molar-refractivity contribution in [2.75, 3.05) is 13.1 Å². The highest BCUT2D eigenvalue weighted by Gasteiger charge is 2.28. The van der Waals surface area contributed by atoms with E-state index in [1.165, 1.54) is 5.56 Å². The first-order valence-electron chi connectivity index (χ1n) is 6.47. The van der Waals surface area contributed by atoms with Gasteiger partial charge in [0.05, 0.1) is 18.0 Å². The second-order valence-corrected chi connectivity index (χ2v) is 4.67. The molecule has 1 heterocycles. The molecule has 0 aliphatic carbocycles. The molecule has 1 fully saturated rings. The Balaban J connectivity index is 0.000000240. The summed E-state index contributed by atoms with van der Waals surface area (Å²) in [6.07, 6.45) is 0.663. The predicted octanol–water partition coefficient (Wildman–Crippen LogP) is -1.53. The van der Waals surface area contributed by atoms with E-state index in [1.807, 2.05) is 6.07 Å². The fourth-order valence-electron chi connectivity index (χ4n) is 1.88. The van der Waals surface area contributed by atoms with E-state index in [2.05, 4.69) is 36.1 Å². The molecule has 21 heavy (non-hydrogen) atoms. The third-order valence-electron chi connectivity index (χ3n) is 3.08. The van der Waals surface area contributed by atoms with Crippen LogP contribution in [-0.2, 0) is 9.59 Å². The van der Waals surface area contributed by atoms with E-state index in [4.69, 9.17) is 0 Å². The second kappa shape index (κ2) is 8.18. The minimum Gasteiger partial charge on any atom is -0.545 e. The highest BCUT2D eigenvalue weighted by atomic mass is 16.4. The molecule has 114 valence electrons. The van der Waals surface area contributed by atoms with Crippen molar-refractivity contribution >= 4 is 11.9 Å². The minimum absolute atomic E-state index is 0.105. The van der Waals surface area contributed by atoms with Crippen molar-refractivity contribution in [1.29, 1.82) is 0 Å². The van der Waals surface area contributed by atoms with E-state index < -0.39 is 11.9 Å². The van der Waals surface area contributed by atoms with Gasteiger partial charge in [-0.05, 0) is 24.6 Å². The van der Waals surface area contributed by atoms with Crippen molar-refractivity contribution in [1.82, 2.24) is 4.90 Å². The first kappa shape index (κ1) is 16.9. The van der Waals surface area contributed by atoms with Crippen molar-refractivity contribution in [3.05, 3.63) is 48.0 Å². The fraction of sp³-hybridized carbons (Fsp3) is 0.333. The van der Waals surface area contributed by atoms with Gasteiger partial charge in [-0.2, -0.15) is 0 Å². The molecule has 0 radical (unpaired) electrons. The van der Waals surface area contributed by atoms with E-state index in [0.29, 0.717) is 18.2 Å². The summed E-state index contributed by atoms with van der Waals surface area (Å²) in [5.74, 6) is -3.09. The minimum atomic E-state index is -1.55. The summed E-state index contributed by atoms with van der Waals surface area (Å²) in [5.41, 5.74) is 1.33. The van der Waals surface area contributed by atoms with Gasteiger partial charge in [0.25, 0.3) is 0 Å². The number of aliphatic hydroxyl groups excluding tert-OH is 1. The molecule has 1 aliphatic heterocycles. The van der Waals surface area contributed by atoms with Gasteiger partial charge < -0.3 is 24.9 Å². The van der Waals surface area contributed by atoms with Crippen LogP contribution >= 0.6 is 0 Å². The lowest BCUT2D eigenvalue weighted by atomic mass is 10.0. The Morgan fingerprint density at radius 3 is 2.05 bits per heavy atom. The molecular weight excluding hydrogens is 274 g/mol. The molecule has 0 aromatic heterocycles. The van der Waals surface area contributed by atoms with E-state index in [-0.39, 0.29) is 6.10 Å². The van der Waals surface area contributed by atoms with Crippen molar-refractivity contribution in [3.63, 3.8) is 0 Å². The van der Waals surface area contributed by atoms with Crippen molar-refractivity contribution in [2.45, 2.75) is 19.1 Å². The lowest BCUT2D eigenvalue weighted by molar-refractivity contribution is -0.301. The lowest BCUT2D eigenvalue weighted by Crippen LogP contribution is -2.51. The summed E-state index contributed by atoms with van der Waals surface area (Å²) in [5, 5.41) is 28.0. The summed E-state index contributed by atoms with van der Waals surface area (Å²) >= 11 is 0. The number of carbonyl (C=O) groups is 2. The molecule has 0 bridgehead atoms. The van der Waals surface area contributed by atoms with Gasteiger partial charge in [0.1, 0.15) is 0 Å². The number of carboxylic acids is 2. The number of carbonyl (C=O) groups excluding carboxylic acids is 2. The molecule has 6 nitrogen and oxygen atoms in total. The summed E-state index contributed by atoms with van der Waals surface area (Å²) in [6, 6.07) is 10.8. The first-order chi connectivity index (χ1) is 9.90. The Morgan fingerprint density at radius 1 is 1.19 bits per heavy atom. The number of likely N-dealkylation sites (tertiary alicyclic amines) is 1. The molecule has 6 heteroatoms. The molecule has 1 aromatic carbocycles. The Morgan fingerprint density at radius 2 is 1.67 bits per heavy atom. The van der Waals surface area contributed by atoms with Gasteiger partial charge in [-0.25, -0.2) is 0 Å². The van der Waals surface area contributed by atoms with Crippen LogP contribution in [-0.4, -0.2) is 41.1 Å². The lowest BCUT2D eigenvalue weighted by Gasteiger charge is -2.40. The number of hydrogen-bond donors (Lipinski definition) is 1. The maximum absolute atomic E-state index is 9.41. The zero-order valence-corrected chi connectivity index (χ0v) is 11.6. The summed E-state index contributed by atoms with van der Waals surface area (Å²) in [7, 11) is 0. The number of benzene rings is 1. The standard InChI is InChI=1S/C11H15NO.C4H4O4/c1-9(12-7-11(13)8-12)10-5-3-2-4-6-10;5-3(6)1-2-4(7)8/h2-6,9,11,13H,7-8H2,1H3;1-2H,(H,5,6)(H,7,8)/p-2. The number of nitrogens with zero attached hydrogens (tertiary/aromatic N) is 1. The van der Waals surface area contributed by atoms with E-state index in [0.717, 1.165) is 13.1 Å². The number of aliphatic carboxylic acids is 2. The van der Waals surface area contributed by atoms with Crippen LogP contribution in [0.5, 0.6) is 0 Å². The smallest absolute Gasteiger partial charge is 0.0794 e. The summed E-state index contributed by atoms with van der Waals surface area (Å²) in [4.78, 5) is 21.1. The number of β-amino-alcohol motifs (C(OH)–C–C–N with tert-alkyl or cyclic N) is 1. The Labute approximate surface area is 122 Å². The van der Waals surface area contributed by atoms with E-state index in [1.54, 1.807) is 0 Å². The maximum atomic E-state index is 9.41. The molecule has 1 N–H and O–H groups in total. The maximum Gasteiger partial charge on any atom is 0.0794 e. The highest BCUT2D eigenvalue weighted by Crippen LogP contribution is 2.24. The summed E-state index contributed by atoms with van der Waals surface area (Å²) in [6.45, 7) is 3.81. The SMILES string of the molecule is CC(c1ccccc1)N1CC(O)C1.O=C([O-])C=CC(=O)[O-]. The fourth-order valence-corrected chi connectivity index (χ4v) is 1.88. The topological polar surface area (TPSA) is 104 Å². The van der Waals surface area contributed by atoms with Crippen LogP contribution in [0, 0.1) is 0 Å². The third-order valence-corrected chi connectivity index (χ3v) is 3.08. The largest absolute Gasteiger partial charge is 0.545 e. The molecule has 1 aromatic rings. The molecule has 2 rings (SSSR count). The van der Waals surface area contributed by atoms with Crippen LogP contribution < -0.4 is 10.2 Å². The van der Waals surface area contributed by atoms with Gasteiger partial charge in [-0.15, -0.1) is 0 Å². The molecule has 1 aliphatic rings. The Hall–Kier alpha value is -2.18. The number of rotatable bonds is 4. The number of aliphatic hydroxyl groups is 1. The number of carboxylic acid groups (broad SMARTS) is 2. The second-order valence-electron chi connectivity index (χ2n) is 4.67. The van der Waals surface area contributed by atoms with Crippen LogP contribution in [0.3, 0.4) is 0 Å². The molecule has 1 atom stereocenters. The van der Waals surface area contributed by atoms with Crippen LogP contribution in [0.25, 0.3) is 0 Å². The normalized spacial score (nSPS) is 16.7. The summed E-state index contributed by atoms with van der Waals surface area (Å²) < 4.78 is 0. The molecule has 0 amide bonds. The van der Waals surface area contributed by atoms with Gasteiger partial charge in [-0.1, -0.05) is 30.3 Å². The van der Waals surface area contributed by atoms with Gasteiger partial charge in [0, 0.05) is 19.1 Å². The van der Waals surface area contributed by atoms with Gasteiger partial charge in [0.15, 0.2) is 0 Å². The Kier molecular flexibility index (Phi) is 6.58. The van der Waals surface area contributed by atoms with E-state index in [9.17, 15) is 24.9 Å². The van der Waals surface area contributed by atoms with Gasteiger partial charge >= 0.3 is 0 Å². The monoisotopic (exact) mass is 291 g/mol. The van der Waals surface area contributed by atoms with Crippen LogP contribution in [0.2, 0.25) is 0 Å². The molecule has 0 spiro atoms. The highest BCUT2D eigenvalue weighted by molar-refractivity contribution is 5.87. The van der Waals surface area contributed by atoms with Gasteiger partial charge in [-0.3, -0.25) is 4.90 Å². The van der Waals surface area contributed by atoms with Crippen molar-refractivity contribution in [3.8, 4) is 0 Å².